The van der Waals surface area contributed by atoms with Crippen molar-refractivity contribution in [3.05, 3.63) is 45.7 Å². The Labute approximate surface area is 152 Å². The van der Waals surface area contributed by atoms with Crippen LogP contribution in [-0.2, 0) is 6.54 Å². The molecule has 0 spiro atoms. The third-order valence-electron chi connectivity index (χ3n) is 3.69. The van der Waals surface area contributed by atoms with E-state index in [4.69, 9.17) is 4.74 Å². The van der Waals surface area contributed by atoms with Crippen LogP contribution in [0.15, 0.2) is 29.3 Å². The molecule has 25 heavy (non-hydrogen) atoms. The van der Waals surface area contributed by atoms with Crippen molar-refractivity contribution in [2.75, 3.05) is 13.6 Å². The topological polar surface area (TPSA) is 58.5 Å². The highest BCUT2D eigenvalue weighted by Gasteiger charge is 2.11. The van der Waals surface area contributed by atoms with E-state index in [1.807, 2.05) is 20.8 Å². The molecule has 7 heteroatoms. The molecule has 0 fully saturated rings. The van der Waals surface area contributed by atoms with Gasteiger partial charge in [-0.1, -0.05) is 13.0 Å². The molecule has 136 valence electrons. The van der Waals surface area contributed by atoms with Gasteiger partial charge in [-0.05, 0) is 32.4 Å². The molecule has 0 radical (unpaired) electrons. The number of nitrogens with one attached hydrogen (secondary N) is 2. The first-order chi connectivity index (χ1) is 12.0. The van der Waals surface area contributed by atoms with Gasteiger partial charge in [0.2, 0.25) is 0 Å². The highest BCUT2D eigenvalue weighted by Crippen LogP contribution is 2.16. The molecule has 1 unspecified atom stereocenters. The van der Waals surface area contributed by atoms with Crippen LogP contribution in [0.25, 0.3) is 0 Å². The molecule has 0 amide bonds. The zero-order valence-electron chi connectivity index (χ0n) is 15.1. The maximum atomic E-state index is 13.3. The molecule has 0 bridgehead atoms. The highest BCUT2D eigenvalue weighted by molar-refractivity contribution is 7.11. The number of guanidine groups is 1. The Balaban J connectivity index is 1.84. The first-order valence-electron chi connectivity index (χ1n) is 8.31. The summed E-state index contributed by atoms with van der Waals surface area (Å²) in [6.45, 7) is 7.30. The van der Waals surface area contributed by atoms with Gasteiger partial charge in [0.25, 0.3) is 0 Å². The van der Waals surface area contributed by atoms with Gasteiger partial charge >= 0.3 is 0 Å². The van der Waals surface area contributed by atoms with E-state index in [9.17, 15) is 4.39 Å². The molecule has 1 aromatic carbocycles. The van der Waals surface area contributed by atoms with E-state index in [-0.39, 0.29) is 11.9 Å². The Kier molecular flexibility index (Phi) is 7.18. The van der Waals surface area contributed by atoms with Gasteiger partial charge in [0, 0.05) is 18.0 Å². The van der Waals surface area contributed by atoms with E-state index in [2.05, 4.69) is 20.6 Å². The predicted molar refractivity (Wildman–Crippen MR) is 101 cm³/mol. The number of benzene rings is 1. The summed E-state index contributed by atoms with van der Waals surface area (Å²) >= 11 is 1.68. The molecule has 0 aliphatic rings. The lowest BCUT2D eigenvalue weighted by atomic mass is 10.2. The van der Waals surface area contributed by atoms with Gasteiger partial charge in [0.05, 0.1) is 23.8 Å². The Bertz CT molecular complexity index is 717. The zero-order chi connectivity index (χ0) is 18.2. The van der Waals surface area contributed by atoms with E-state index in [0.717, 1.165) is 17.1 Å². The van der Waals surface area contributed by atoms with Crippen LogP contribution < -0.4 is 15.4 Å². The van der Waals surface area contributed by atoms with Gasteiger partial charge < -0.3 is 15.4 Å². The summed E-state index contributed by atoms with van der Waals surface area (Å²) in [5.74, 6) is 0.937. The number of thiazole rings is 1. The standard InChI is InChI=1S/C18H25FN4OS/c1-5-15(24-16-8-6-7-14(19)9-16)10-21-18(20-4)22-11-17-12(2)23-13(3)25-17/h6-9,15H,5,10-11H2,1-4H3,(H2,20,21,22). The maximum Gasteiger partial charge on any atom is 0.191 e. The highest BCUT2D eigenvalue weighted by atomic mass is 32.1. The summed E-state index contributed by atoms with van der Waals surface area (Å²) in [6.07, 6.45) is 0.723. The number of halogens is 1. The van der Waals surface area contributed by atoms with Crippen LogP contribution in [-0.4, -0.2) is 30.6 Å². The molecular formula is C18H25FN4OS. The summed E-state index contributed by atoms with van der Waals surface area (Å²) in [5, 5.41) is 7.60. The van der Waals surface area contributed by atoms with Crippen LogP contribution in [0, 0.1) is 19.7 Å². The Hall–Kier alpha value is -2.15. The van der Waals surface area contributed by atoms with Gasteiger partial charge in [0.15, 0.2) is 5.96 Å². The fourth-order valence-electron chi connectivity index (χ4n) is 2.33. The smallest absolute Gasteiger partial charge is 0.191 e. The molecule has 2 aromatic rings. The molecule has 0 aliphatic carbocycles. The molecule has 2 rings (SSSR count). The van der Waals surface area contributed by atoms with Crippen LogP contribution in [0.1, 0.15) is 28.9 Å². The average Bonchev–Trinajstić information content (AvgIpc) is 2.91. The van der Waals surface area contributed by atoms with Crippen molar-refractivity contribution in [1.29, 1.82) is 0 Å². The number of rotatable bonds is 7. The number of ether oxygens (including phenoxy) is 1. The molecule has 5 nitrogen and oxygen atoms in total. The fraction of sp³-hybridized carbons (Fsp3) is 0.444. The molecule has 0 saturated carbocycles. The average molecular weight is 364 g/mol. The van der Waals surface area contributed by atoms with E-state index < -0.39 is 0 Å². The lowest BCUT2D eigenvalue weighted by Gasteiger charge is -2.20. The van der Waals surface area contributed by atoms with E-state index in [0.29, 0.717) is 24.8 Å². The third kappa shape index (κ3) is 6.01. The predicted octanol–water partition coefficient (Wildman–Crippen LogP) is 3.42. The summed E-state index contributed by atoms with van der Waals surface area (Å²) < 4.78 is 19.1. The fourth-order valence-corrected chi connectivity index (χ4v) is 3.21. The van der Waals surface area contributed by atoms with E-state index in [1.54, 1.807) is 30.5 Å². The lowest BCUT2D eigenvalue weighted by molar-refractivity contribution is 0.199. The van der Waals surface area contributed by atoms with Crippen LogP contribution in [0.3, 0.4) is 0 Å². The minimum Gasteiger partial charge on any atom is -0.489 e. The molecule has 0 saturated heterocycles. The second-order valence-corrected chi connectivity index (χ2v) is 6.94. The third-order valence-corrected chi connectivity index (χ3v) is 4.76. The van der Waals surface area contributed by atoms with E-state index >= 15 is 0 Å². The Morgan fingerprint density at radius 1 is 1.36 bits per heavy atom. The SMILES string of the molecule is CCC(CNC(=NC)NCc1sc(C)nc1C)Oc1cccc(F)c1. The minimum atomic E-state index is -0.298. The quantitative estimate of drug-likeness (QED) is 0.584. The summed E-state index contributed by atoms with van der Waals surface area (Å²) in [4.78, 5) is 9.85. The van der Waals surface area contributed by atoms with Crippen LogP contribution >= 0.6 is 11.3 Å². The first-order valence-corrected chi connectivity index (χ1v) is 9.13. The van der Waals surface area contributed by atoms with Gasteiger partial charge in [-0.2, -0.15) is 0 Å². The maximum absolute atomic E-state index is 13.3. The molecule has 1 aromatic heterocycles. The zero-order valence-corrected chi connectivity index (χ0v) is 15.9. The number of hydrogen-bond donors (Lipinski definition) is 2. The second kappa shape index (κ2) is 9.36. The van der Waals surface area contributed by atoms with Gasteiger partial charge in [-0.25, -0.2) is 9.37 Å². The van der Waals surface area contributed by atoms with Crippen molar-refractivity contribution >= 4 is 17.3 Å². The Morgan fingerprint density at radius 2 is 2.16 bits per heavy atom. The van der Waals surface area contributed by atoms with Crippen molar-refractivity contribution in [3.63, 3.8) is 0 Å². The van der Waals surface area contributed by atoms with Crippen molar-refractivity contribution in [3.8, 4) is 5.75 Å². The van der Waals surface area contributed by atoms with Gasteiger partial charge in [0.1, 0.15) is 17.7 Å². The number of aryl methyl sites for hydroxylation is 2. The molecule has 2 N–H and O–H groups in total. The van der Waals surface area contributed by atoms with Gasteiger partial charge in [-0.15, -0.1) is 11.3 Å². The van der Waals surface area contributed by atoms with Crippen LogP contribution in [0.2, 0.25) is 0 Å². The van der Waals surface area contributed by atoms with Gasteiger partial charge in [-0.3, -0.25) is 4.99 Å². The molecule has 1 atom stereocenters. The van der Waals surface area contributed by atoms with Crippen LogP contribution in [0.5, 0.6) is 5.75 Å². The normalized spacial score (nSPS) is 12.8. The molecular weight excluding hydrogens is 339 g/mol. The monoisotopic (exact) mass is 364 g/mol. The first kappa shape index (κ1) is 19.2. The van der Waals surface area contributed by atoms with Crippen molar-refractivity contribution in [2.45, 2.75) is 39.8 Å². The van der Waals surface area contributed by atoms with Crippen molar-refractivity contribution in [1.82, 2.24) is 15.6 Å². The van der Waals surface area contributed by atoms with Crippen molar-refractivity contribution < 1.29 is 9.13 Å². The summed E-state index contributed by atoms with van der Waals surface area (Å²) in [6, 6.07) is 6.20. The Morgan fingerprint density at radius 3 is 2.76 bits per heavy atom. The van der Waals surface area contributed by atoms with E-state index in [1.165, 1.54) is 17.0 Å². The van der Waals surface area contributed by atoms with Crippen molar-refractivity contribution in [2.24, 2.45) is 4.99 Å². The lowest BCUT2D eigenvalue weighted by Crippen LogP contribution is -2.42. The van der Waals surface area contributed by atoms with Crippen LogP contribution in [0.4, 0.5) is 4.39 Å². The number of nitrogens with zero attached hydrogens (tertiary/aromatic N) is 2. The number of aliphatic imine (C=N–C) groups is 1. The molecule has 1 heterocycles. The number of aromatic nitrogens is 1. The number of hydrogen-bond acceptors (Lipinski definition) is 4. The largest absolute Gasteiger partial charge is 0.489 e. The summed E-state index contributed by atoms with van der Waals surface area (Å²) in [7, 11) is 1.73. The summed E-state index contributed by atoms with van der Waals surface area (Å²) in [5.41, 5.74) is 1.05. The second-order valence-electron chi connectivity index (χ2n) is 5.65. The molecule has 0 aliphatic heterocycles. The minimum absolute atomic E-state index is 0.0762.